The zero-order valence-electron chi connectivity index (χ0n) is 19.7. The fourth-order valence-electron chi connectivity index (χ4n) is 3.37. The fourth-order valence-corrected chi connectivity index (χ4v) is 3.37. The Hall–Kier alpha value is -4.08. The summed E-state index contributed by atoms with van der Waals surface area (Å²) in [4.78, 5) is 37.6. The molecule has 0 aliphatic heterocycles. The van der Waals surface area contributed by atoms with Gasteiger partial charge in [-0.1, -0.05) is 36.4 Å². The van der Waals surface area contributed by atoms with Gasteiger partial charge in [-0.15, -0.1) is 0 Å². The molecule has 0 spiro atoms. The number of ether oxygens (including phenoxy) is 3. The summed E-state index contributed by atoms with van der Waals surface area (Å²) in [5.74, 6) is -12.8. The lowest BCUT2D eigenvalue weighted by Crippen LogP contribution is -2.46. The van der Waals surface area contributed by atoms with Crippen LogP contribution in [-0.2, 0) is 19.1 Å². The van der Waals surface area contributed by atoms with Crippen molar-refractivity contribution >= 4 is 17.9 Å². The molecule has 2 rings (SSSR count). The first kappa shape index (κ1) is 30.1. The predicted molar refractivity (Wildman–Crippen MR) is 117 cm³/mol. The Morgan fingerprint density at radius 2 is 1.13 bits per heavy atom. The molecule has 0 aliphatic rings. The van der Waals surface area contributed by atoms with Crippen molar-refractivity contribution in [3.05, 3.63) is 60.7 Å². The highest BCUT2D eigenvalue weighted by Gasteiger charge is 2.59. The predicted octanol–water partition coefficient (Wildman–Crippen LogP) is 5.41. The lowest BCUT2D eigenvalue weighted by Gasteiger charge is -2.31. The zero-order chi connectivity index (χ0) is 28.6. The molecule has 0 fully saturated rings. The van der Waals surface area contributed by atoms with Gasteiger partial charge in [-0.3, -0.25) is 14.4 Å². The number of nitriles is 1. The molecule has 0 saturated carbocycles. The van der Waals surface area contributed by atoms with E-state index in [1.165, 1.54) is 43.3 Å². The molecular formula is C25H21F6NO6. The van der Waals surface area contributed by atoms with Gasteiger partial charge in [0, 0.05) is 0 Å². The summed E-state index contributed by atoms with van der Waals surface area (Å²) in [5, 5.41) is 9.76. The third-order valence-electron chi connectivity index (χ3n) is 5.27. The van der Waals surface area contributed by atoms with Crippen molar-refractivity contribution in [3.8, 4) is 17.6 Å². The Morgan fingerprint density at radius 3 is 1.42 bits per heavy atom. The average molecular weight is 545 g/mol. The smallest absolute Gasteiger partial charge is 0.402 e. The molecule has 0 radical (unpaired) electrons. The maximum atomic E-state index is 13.9. The SMILES string of the molecule is CCOC(=O)C(C#N)(CC(C(=O)Oc1ccccc1)C(F)(F)F)CC(C(=O)Oc1ccccc1)C(F)(F)F. The van der Waals surface area contributed by atoms with Gasteiger partial charge in [0.05, 0.1) is 12.7 Å². The molecule has 13 heteroatoms. The Labute approximate surface area is 212 Å². The van der Waals surface area contributed by atoms with Crippen LogP contribution in [0.25, 0.3) is 0 Å². The Bertz CT molecular complexity index is 1070. The number of hydrogen-bond acceptors (Lipinski definition) is 7. The van der Waals surface area contributed by atoms with Crippen molar-refractivity contribution in [2.24, 2.45) is 17.3 Å². The van der Waals surface area contributed by atoms with E-state index in [1.54, 1.807) is 0 Å². The van der Waals surface area contributed by atoms with E-state index < -0.39 is 67.0 Å². The minimum absolute atomic E-state index is 0.315. The number of carbonyl (C=O) groups is 3. The van der Waals surface area contributed by atoms with Crippen LogP contribution in [0.1, 0.15) is 19.8 Å². The molecule has 0 heterocycles. The van der Waals surface area contributed by atoms with Gasteiger partial charge in [0.2, 0.25) is 0 Å². The Morgan fingerprint density at radius 1 is 0.763 bits per heavy atom. The monoisotopic (exact) mass is 545 g/mol. The molecule has 2 aromatic rings. The largest absolute Gasteiger partial charge is 0.465 e. The van der Waals surface area contributed by atoms with Crippen LogP contribution in [0.2, 0.25) is 0 Å². The highest BCUT2D eigenvalue weighted by atomic mass is 19.4. The van der Waals surface area contributed by atoms with Crippen molar-refractivity contribution in [3.63, 3.8) is 0 Å². The van der Waals surface area contributed by atoms with E-state index >= 15 is 0 Å². The Balaban J connectivity index is 2.50. The van der Waals surface area contributed by atoms with Crippen LogP contribution in [0.5, 0.6) is 11.5 Å². The van der Waals surface area contributed by atoms with E-state index in [2.05, 4.69) is 4.74 Å². The third kappa shape index (κ3) is 7.96. The van der Waals surface area contributed by atoms with E-state index in [-0.39, 0.29) is 11.5 Å². The van der Waals surface area contributed by atoms with Crippen LogP contribution in [0.3, 0.4) is 0 Å². The second-order valence-electron chi connectivity index (χ2n) is 7.98. The van der Waals surface area contributed by atoms with Crippen molar-refractivity contribution < 1.29 is 54.9 Å². The molecule has 2 atom stereocenters. The van der Waals surface area contributed by atoms with E-state index in [0.29, 0.717) is 0 Å². The molecule has 0 saturated heterocycles. The van der Waals surface area contributed by atoms with Crippen LogP contribution in [0.15, 0.2) is 60.7 Å². The van der Waals surface area contributed by atoms with Crippen LogP contribution in [-0.4, -0.2) is 36.9 Å². The normalized spacial score (nSPS) is 14.8. The van der Waals surface area contributed by atoms with Gasteiger partial charge in [0.1, 0.15) is 11.5 Å². The number of hydrogen-bond donors (Lipinski definition) is 0. The first-order valence-corrected chi connectivity index (χ1v) is 11.0. The molecule has 2 unspecified atom stereocenters. The minimum atomic E-state index is -5.45. The molecule has 0 aliphatic carbocycles. The number of halogens is 6. The molecular weight excluding hydrogens is 524 g/mol. The van der Waals surface area contributed by atoms with Gasteiger partial charge < -0.3 is 14.2 Å². The fraction of sp³-hybridized carbons (Fsp3) is 0.360. The zero-order valence-corrected chi connectivity index (χ0v) is 19.7. The summed E-state index contributed by atoms with van der Waals surface area (Å²) in [7, 11) is 0. The van der Waals surface area contributed by atoms with Gasteiger partial charge in [-0.25, -0.2) is 0 Å². The summed E-state index contributed by atoms with van der Waals surface area (Å²) in [6.45, 7) is 0.689. The van der Waals surface area contributed by atoms with E-state index in [4.69, 9.17) is 9.47 Å². The van der Waals surface area contributed by atoms with Crippen LogP contribution >= 0.6 is 0 Å². The number of rotatable bonds is 10. The molecule has 204 valence electrons. The molecule has 0 bridgehead atoms. The Kier molecular flexibility index (Phi) is 9.87. The first-order chi connectivity index (χ1) is 17.7. The van der Waals surface area contributed by atoms with Gasteiger partial charge in [-0.05, 0) is 44.0 Å². The maximum Gasteiger partial charge on any atom is 0.402 e. The maximum absolute atomic E-state index is 13.9. The molecule has 0 amide bonds. The summed E-state index contributed by atoms with van der Waals surface area (Å²) in [6, 6.07) is 14.1. The molecule has 7 nitrogen and oxygen atoms in total. The highest BCUT2D eigenvalue weighted by molar-refractivity contribution is 5.84. The van der Waals surface area contributed by atoms with Crippen molar-refractivity contribution in [1.29, 1.82) is 5.26 Å². The summed E-state index contributed by atoms with van der Waals surface area (Å²) < 4.78 is 97.6. The second kappa shape index (κ2) is 12.4. The van der Waals surface area contributed by atoms with E-state index in [1.807, 2.05) is 0 Å². The lowest BCUT2D eigenvalue weighted by molar-refractivity contribution is -0.205. The van der Waals surface area contributed by atoms with Gasteiger partial charge in [0.15, 0.2) is 17.3 Å². The standard InChI is InChI=1S/C25H21F6NO6/c1-2-36-22(35)23(15-32,13-18(24(26,27)28)20(33)37-16-9-5-3-6-10-16)14-19(25(29,30)31)21(34)38-17-11-7-4-8-12-17/h3-12,18-19H,2,13-14H2,1H3. The van der Waals surface area contributed by atoms with Gasteiger partial charge in [-0.2, -0.15) is 31.6 Å². The molecule has 2 aromatic carbocycles. The number of esters is 3. The number of carbonyl (C=O) groups excluding carboxylic acids is 3. The van der Waals surface area contributed by atoms with Crippen molar-refractivity contribution in [2.75, 3.05) is 6.61 Å². The van der Waals surface area contributed by atoms with Crippen LogP contribution in [0.4, 0.5) is 26.3 Å². The average Bonchev–Trinajstić information content (AvgIpc) is 2.84. The lowest BCUT2D eigenvalue weighted by atomic mass is 9.73. The van der Waals surface area contributed by atoms with Crippen molar-refractivity contribution in [1.82, 2.24) is 0 Å². The number of alkyl halides is 6. The quantitative estimate of drug-likeness (QED) is 0.224. The number of benzene rings is 2. The second-order valence-corrected chi connectivity index (χ2v) is 7.98. The molecule has 0 N–H and O–H groups in total. The minimum Gasteiger partial charge on any atom is -0.465 e. The first-order valence-electron chi connectivity index (χ1n) is 11.0. The topological polar surface area (TPSA) is 103 Å². The molecule has 0 aromatic heterocycles. The summed E-state index contributed by atoms with van der Waals surface area (Å²) >= 11 is 0. The van der Waals surface area contributed by atoms with E-state index in [0.717, 1.165) is 30.3 Å². The summed E-state index contributed by atoms with van der Waals surface area (Å²) in [5.41, 5.74) is -3.23. The van der Waals surface area contributed by atoms with Gasteiger partial charge in [0.25, 0.3) is 0 Å². The van der Waals surface area contributed by atoms with Crippen LogP contribution in [0, 0.1) is 28.6 Å². The van der Waals surface area contributed by atoms with E-state index in [9.17, 15) is 46.0 Å². The molecule has 38 heavy (non-hydrogen) atoms. The number of nitrogens with zero attached hydrogens (tertiary/aromatic N) is 1. The third-order valence-corrected chi connectivity index (χ3v) is 5.27. The van der Waals surface area contributed by atoms with Gasteiger partial charge >= 0.3 is 30.3 Å². The van der Waals surface area contributed by atoms with Crippen molar-refractivity contribution in [2.45, 2.75) is 32.1 Å². The van der Waals surface area contributed by atoms with Crippen LogP contribution < -0.4 is 9.47 Å². The highest BCUT2D eigenvalue weighted by Crippen LogP contribution is 2.45. The summed E-state index contributed by atoms with van der Waals surface area (Å²) in [6.07, 6.45) is -14.5. The number of para-hydroxylation sites is 2.